The number of hydrogen-bond acceptors (Lipinski definition) is 7. The van der Waals surface area contributed by atoms with Gasteiger partial charge in [-0.25, -0.2) is 4.79 Å². The van der Waals surface area contributed by atoms with Crippen LogP contribution < -0.4 is 10.2 Å². The Kier molecular flexibility index (Phi) is 6.40. The highest BCUT2D eigenvalue weighted by Crippen LogP contribution is 2.28. The zero-order valence-electron chi connectivity index (χ0n) is 15.9. The van der Waals surface area contributed by atoms with Crippen molar-refractivity contribution in [1.82, 2.24) is 0 Å². The third kappa shape index (κ3) is 4.69. The normalized spacial score (nSPS) is 12.4. The highest BCUT2D eigenvalue weighted by molar-refractivity contribution is 5.98. The van der Waals surface area contributed by atoms with Crippen LogP contribution in [0.5, 0.6) is 0 Å². The highest BCUT2D eigenvalue weighted by atomic mass is 16.6. The Hall–Kier alpha value is -3.46. The molecule has 0 aromatic heterocycles. The standard InChI is InChI=1S/C20H21N3O6/c1-28-11-9-21-16-7-6-15(12-18(16)23(26)27)20(25)29-13-19(24)22-10-8-14-4-2-3-5-17(14)22/h2-7,12,21H,8-11,13H2,1H3. The zero-order valence-corrected chi connectivity index (χ0v) is 15.9. The third-order valence-electron chi connectivity index (χ3n) is 4.57. The predicted molar refractivity (Wildman–Crippen MR) is 106 cm³/mol. The summed E-state index contributed by atoms with van der Waals surface area (Å²) in [5.74, 6) is -1.13. The summed E-state index contributed by atoms with van der Waals surface area (Å²) < 4.78 is 10.00. The first-order valence-corrected chi connectivity index (χ1v) is 9.08. The number of nitrogens with zero attached hydrogens (tertiary/aromatic N) is 2. The van der Waals surface area contributed by atoms with Crippen molar-refractivity contribution in [3.05, 3.63) is 63.7 Å². The van der Waals surface area contributed by atoms with Crippen molar-refractivity contribution < 1.29 is 24.0 Å². The molecule has 1 amide bonds. The topological polar surface area (TPSA) is 111 Å². The minimum Gasteiger partial charge on any atom is -0.452 e. The largest absolute Gasteiger partial charge is 0.452 e. The predicted octanol–water partition coefficient (Wildman–Crippen LogP) is 2.40. The van der Waals surface area contributed by atoms with Gasteiger partial charge >= 0.3 is 5.97 Å². The maximum atomic E-state index is 12.4. The van der Waals surface area contributed by atoms with Gasteiger partial charge in [-0.2, -0.15) is 0 Å². The summed E-state index contributed by atoms with van der Waals surface area (Å²) in [5.41, 5.74) is 1.90. The van der Waals surface area contributed by atoms with Gasteiger partial charge in [0.2, 0.25) is 0 Å². The van der Waals surface area contributed by atoms with Gasteiger partial charge in [0.15, 0.2) is 6.61 Å². The second-order valence-corrected chi connectivity index (χ2v) is 6.41. The van der Waals surface area contributed by atoms with E-state index in [-0.39, 0.29) is 22.8 Å². The Morgan fingerprint density at radius 3 is 2.79 bits per heavy atom. The lowest BCUT2D eigenvalue weighted by atomic mass is 10.1. The molecule has 0 atom stereocenters. The monoisotopic (exact) mass is 399 g/mol. The molecular weight excluding hydrogens is 378 g/mol. The zero-order chi connectivity index (χ0) is 20.8. The number of fused-ring (bicyclic) bond motifs is 1. The average molecular weight is 399 g/mol. The van der Waals surface area contributed by atoms with Crippen molar-refractivity contribution in [1.29, 1.82) is 0 Å². The number of esters is 1. The number of carbonyl (C=O) groups is 2. The summed E-state index contributed by atoms with van der Waals surface area (Å²) in [6.07, 6.45) is 0.750. The fourth-order valence-electron chi connectivity index (χ4n) is 3.13. The SMILES string of the molecule is COCCNc1ccc(C(=O)OCC(=O)N2CCc3ccccc32)cc1[N+](=O)[O-]. The number of carbonyl (C=O) groups excluding carboxylic acids is 2. The molecule has 1 heterocycles. The lowest BCUT2D eigenvalue weighted by Gasteiger charge is -2.17. The van der Waals surface area contributed by atoms with Crippen LogP contribution in [0.1, 0.15) is 15.9 Å². The van der Waals surface area contributed by atoms with Gasteiger partial charge in [0, 0.05) is 32.0 Å². The van der Waals surface area contributed by atoms with Crippen LogP contribution >= 0.6 is 0 Å². The number of amides is 1. The summed E-state index contributed by atoms with van der Waals surface area (Å²) in [4.78, 5) is 37.0. The number of nitro groups is 1. The van der Waals surface area contributed by atoms with Gasteiger partial charge in [-0.05, 0) is 30.2 Å². The van der Waals surface area contributed by atoms with E-state index in [9.17, 15) is 19.7 Å². The van der Waals surface area contributed by atoms with Crippen molar-refractivity contribution in [2.45, 2.75) is 6.42 Å². The molecule has 1 aliphatic heterocycles. The van der Waals surface area contributed by atoms with E-state index in [1.807, 2.05) is 24.3 Å². The Bertz CT molecular complexity index is 930. The van der Waals surface area contributed by atoms with Crippen LogP contribution in [-0.4, -0.2) is 50.2 Å². The van der Waals surface area contributed by atoms with Crippen molar-refractivity contribution in [2.75, 3.05) is 43.6 Å². The molecule has 0 spiro atoms. The first-order valence-electron chi connectivity index (χ1n) is 9.08. The smallest absolute Gasteiger partial charge is 0.338 e. The number of ether oxygens (including phenoxy) is 2. The molecule has 9 heteroatoms. The molecule has 3 rings (SSSR count). The molecule has 0 aliphatic carbocycles. The third-order valence-corrected chi connectivity index (χ3v) is 4.57. The highest BCUT2D eigenvalue weighted by Gasteiger charge is 2.25. The summed E-state index contributed by atoms with van der Waals surface area (Å²) >= 11 is 0. The Morgan fingerprint density at radius 2 is 2.03 bits per heavy atom. The quantitative estimate of drug-likeness (QED) is 0.314. The number of nitrogens with one attached hydrogen (secondary N) is 1. The maximum absolute atomic E-state index is 12.4. The fraction of sp³-hybridized carbons (Fsp3) is 0.300. The van der Waals surface area contributed by atoms with Gasteiger partial charge < -0.3 is 19.7 Å². The van der Waals surface area contributed by atoms with Crippen LogP contribution in [0.25, 0.3) is 0 Å². The van der Waals surface area contributed by atoms with E-state index in [1.54, 1.807) is 4.90 Å². The molecule has 1 N–H and O–H groups in total. The Labute approximate surface area is 167 Å². The second-order valence-electron chi connectivity index (χ2n) is 6.41. The molecule has 29 heavy (non-hydrogen) atoms. The van der Waals surface area contributed by atoms with E-state index in [1.165, 1.54) is 19.2 Å². The Balaban J connectivity index is 1.64. The van der Waals surface area contributed by atoms with Gasteiger partial charge in [-0.3, -0.25) is 14.9 Å². The van der Waals surface area contributed by atoms with E-state index in [4.69, 9.17) is 9.47 Å². The molecule has 0 radical (unpaired) electrons. The summed E-state index contributed by atoms with van der Waals surface area (Å²) in [5, 5.41) is 14.2. The minimum atomic E-state index is -0.794. The summed E-state index contributed by atoms with van der Waals surface area (Å²) in [7, 11) is 1.53. The lowest BCUT2D eigenvalue weighted by molar-refractivity contribution is -0.384. The number of para-hydroxylation sites is 1. The number of rotatable bonds is 8. The van der Waals surface area contributed by atoms with Crippen LogP contribution in [-0.2, 0) is 20.7 Å². The molecule has 0 fully saturated rings. The van der Waals surface area contributed by atoms with Gasteiger partial charge in [-0.1, -0.05) is 18.2 Å². The van der Waals surface area contributed by atoms with Gasteiger partial charge in [-0.15, -0.1) is 0 Å². The Morgan fingerprint density at radius 1 is 1.24 bits per heavy atom. The van der Waals surface area contributed by atoms with E-state index in [2.05, 4.69) is 5.32 Å². The number of methoxy groups -OCH3 is 1. The number of anilines is 2. The van der Waals surface area contributed by atoms with E-state index in [0.29, 0.717) is 19.7 Å². The number of benzene rings is 2. The molecule has 0 saturated heterocycles. The fourth-order valence-corrected chi connectivity index (χ4v) is 3.13. The van der Waals surface area contributed by atoms with E-state index < -0.39 is 17.5 Å². The van der Waals surface area contributed by atoms with Gasteiger partial charge in [0.1, 0.15) is 5.69 Å². The first kappa shape index (κ1) is 20.3. The number of hydrogen-bond donors (Lipinski definition) is 1. The van der Waals surface area contributed by atoms with E-state index in [0.717, 1.165) is 23.7 Å². The molecular formula is C20H21N3O6. The number of nitro benzene ring substituents is 1. The molecule has 152 valence electrons. The molecule has 0 saturated carbocycles. The van der Waals surface area contributed by atoms with Crippen LogP contribution in [0.2, 0.25) is 0 Å². The van der Waals surface area contributed by atoms with Crippen molar-refractivity contribution in [3.8, 4) is 0 Å². The van der Waals surface area contributed by atoms with Crippen LogP contribution in [0.3, 0.4) is 0 Å². The summed E-state index contributed by atoms with van der Waals surface area (Å²) in [6.45, 7) is 0.855. The van der Waals surface area contributed by atoms with E-state index >= 15 is 0 Å². The minimum absolute atomic E-state index is 0.00335. The second kappa shape index (κ2) is 9.16. The van der Waals surface area contributed by atoms with Crippen molar-refractivity contribution in [3.63, 3.8) is 0 Å². The lowest BCUT2D eigenvalue weighted by Crippen LogP contribution is -2.33. The molecule has 2 aromatic carbocycles. The van der Waals surface area contributed by atoms with Crippen LogP contribution in [0.4, 0.5) is 17.1 Å². The molecule has 0 unspecified atom stereocenters. The van der Waals surface area contributed by atoms with Crippen LogP contribution in [0.15, 0.2) is 42.5 Å². The molecule has 2 aromatic rings. The molecule has 0 bridgehead atoms. The molecule has 9 nitrogen and oxygen atoms in total. The molecule has 1 aliphatic rings. The summed E-state index contributed by atoms with van der Waals surface area (Å²) in [6, 6.07) is 11.5. The van der Waals surface area contributed by atoms with Gasteiger partial charge in [0.05, 0.1) is 17.1 Å². The maximum Gasteiger partial charge on any atom is 0.338 e. The van der Waals surface area contributed by atoms with Crippen molar-refractivity contribution in [2.24, 2.45) is 0 Å². The van der Waals surface area contributed by atoms with Crippen molar-refractivity contribution >= 4 is 28.9 Å². The first-order chi connectivity index (χ1) is 14.0. The van der Waals surface area contributed by atoms with Gasteiger partial charge in [0.25, 0.3) is 11.6 Å². The average Bonchev–Trinajstić information content (AvgIpc) is 3.16. The van der Waals surface area contributed by atoms with Crippen LogP contribution in [0, 0.1) is 10.1 Å².